The van der Waals surface area contributed by atoms with Crippen molar-refractivity contribution >= 4 is 0 Å². The van der Waals surface area contributed by atoms with Crippen molar-refractivity contribution in [3.63, 3.8) is 0 Å². The van der Waals surface area contributed by atoms with Gasteiger partial charge in [-0.3, -0.25) is 0 Å². The molecule has 1 fully saturated rings. The third kappa shape index (κ3) is 5.88. The van der Waals surface area contributed by atoms with Crippen molar-refractivity contribution in [1.29, 1.82) is 0 Å². The lowest BCUT2D eigenvalue weighted by Crippen LogP contribution is -2.49. The second kappa shape index (κ2) is 9.12. The molecule has 1 aliphatic rings. The zero-order valence-corrected chi connectivity index (χ0v) is 15.1. The Bertz CT molecular complexity index is 280. The molecule has 0 aromatic heterocycles. The first kappa shape index (κ1) is 18.9. The summed E-state index contributed by atoms with van der Waals surface area (Å²) >= 11 is 0. The van der Waals surface area contributed by atoms with Gasteiger partial charge >= 0.3 is 0 Å². The highest BCUT2D eigenvalue weighted by Gasteiger charge is 2.38. The first-order chi connectivity index (χ1) is 9.94. The van der Waals surface area contributed by atoms with E-state index < -0.39 is 0 Å². The maximum Gasteiger partial charge on any atom is 0.0784 e. The Balaban J connectivity index is 2.66. The van der Waals surface area contributed by atoms with E-state index in [1.54, 1.807) is 7.11 Å². The number of methoxy groups -OCH3 is 1. The molecule has 126 valence electrons. The summed E-state index contributed by atoms with van der Waals surface area (Å²) in [6.07, 6.45) is 6.65. The van der Waals surface area contributed by atoms with Crippen molar-refractivity contribution in [2.45, 2.75) is 85.0 Å². The summed E-state index contributed by atoms with van der Waals surface area (Å²) in [5.74, 6) is 0.766. The molecule has 21 heavy (non-hydrogen) atoms. The number of ether oxygens (including phenoxy) is 2. The van der Waals surface area contributed by atoms with Crippen molar-refractivity contribution < 1.29 is 9.47 Å². The minimum absolute atomic E-state index is 0.175. The largest absolute Gasteiger partial charge is 0.382 e. The van der Waals surface area contributed by atoms with Crippen molar-refractivity contribution in [2.24, 2.45) is 11.3 Å². The average Bonchev–Trinajstić information content (AvgIpc) is 2.46. The number of hydrogen-bond acceptors (Lipinski definition) is 3. The maximum atomic E-state index is 6.32. The van der Waals surface area contributed by atoms with Gasteiger partial charge in [-0.05, 0) is 50.5 Å². The summed E-state index contributed by atoms with van der Waals surface area (Å²) in [6.45, 7) is 13.2. The van der Waals surface area contributed by atoms with E-state index >= 15 is 0 Å². The van der Waals surface area contributed by atoms with Crippen LogP contribution >= 0.6 is 0 Å². The Labute approximate surface area is 132 Å². The Kier molecular flexibility index (Phi) is 8.22. The van der Waals surface area contributed by atoms with Crippen LogP contribution in [0, 0.1) is 11.3 Å². The number of hydrogen-bond donors (Lipinski definition) is 1. The zero-order chi connectivity index (χ0) is 15.9. The molecule has 4 atom stereocenters. The van der Waals surface area contributed by atoms with Gasteiger partial charge in [-0.15, -0.1) is 0 Å². The predicted octanol–water partition coefficient (Wildman–Crippen LogP) is 4.01. The van der Waals surface area contributed by atoms with Gasteiger partial charge in [-0.2, -0.15) is 0 Å². The molecular formula is C18H37NO2. The minimum atomic E-state index is 0.175. The lowest BCUT2D eigenvalue weighted by atomic mass is 9.68. The first-order valence-corrected chi connectivity index (χ1v) is 8.82. The first-order valence-electron chi connectivity index (χ1n) is 8.82. The molecule has 1 rings (SSSR count). The van der Waals surface area contributed by atoms with E-state index in [0.717, 1.165) is 12.5 Å². The van der Waals surface area contributed by atoms with Crippen molar-refractivity contribution in [2.75, 3.05) is 20.3 Å². The second-order valence-electron chi connectivity index (χ2n) is 7.35. The van der Waals surface area contributed by atoms with Gasteiger partial charge in [0, 0.05) is 13.2 Å². The van der Waals surface area contributed by atoms with Crippen LogP contribution in [0.4, 0.5) is 0 Å². The van der Waals surface area contributed by atoms with Gasteiger partial charge in [0.25, 0.3) is 0 Å². The van der Waals surface area contributed by atoms with Gasteiger partial charge in [-0.25, -0.2) is 0 Å². The van der Waals surface area contributed by atoms with Crippen LogP contribution in [0.3, 0.4) is 0 Å². The molecule has 0 amide bonds. The third-order valence-electron chi connectivity index (χ3n) is 5.27. The highest BCUT2D eigenvalue weighted by Crippen LogP contribution is 2.41. The summed E-state index contributed by atoms with van der Waals surface area (Å²) in [6, 6.07) is 0.508. The third-order valence-corrected chi connectivity index (χ3v) is 5.27. The van der Waals surface area contributed by atoms with Crippen LogP contribution in [-0.4, -0.2) is 38.5 Å². The van der Waals surface area contributed by atoms with E-state index in [0.29, 0.717) is 24.2 Å². The lowest BCUT2D eigenvalue weighted by Gasteiger charge is -2.44. The molecule has 0 aliphatic heterocycles. The molecule has 3 nitrogen and oxygen atoms in total. The molecule has 0 aromatic rings. The Morgan fingerprint density at radius 3 is 2.52 bits per heavy atom. The lowest BCUT2D eigenvalue weighted by molar-refractivity contribution is -0.0843. The Morgan fingerprint density at radius 1 is 1.24 bits per heavy atom. The van der Waals surface area contributed by atoms with Gasteiger partial charge in [0.1, 0.15) is 0 Å². The molecule has 1 N–H and O–H groups in total. The van der Waals surface area contributed by atoms with E-state index in [-0.39, 0.29) is 6.10 Å². The SMILES string of the molecule is CCCNC1CCC(C(C)(C)CC)CC1OC(C)COC. The predicted molar refractivity (Wildman–Crippen MR) is 89.7 cm³/mol. The van der Waals surface area contributed by atoms with Crippen molar-refractivity contribution in [3.8, 4) is 0 Å². The maximum absolute atomic E-state index is 6.32. The quantitative estimate of drug-likeness (QED) is 0.698. The van der Waals surface area contributed by atoms with Crippen LogP contribution in [0.5, 0.6) is 0 Å². The smallest absolute Gasteiger partial charge is 0.0784 e. The number of nitrogens with one attached hydrogen (secondary N) is 1. The standard InChI is InChI=1S/C18H37NO2/c1-7-11-19-16-10-9-15(18(4,5)8-2)12-17(16)21-14(3)13-20-6/h14-17,19H,7-13H2,1-6H3. The molecule has 0 radical (unpaired) electrons. The Morgan fingerprint density at radius 2 is 1.95 bits per heavy atom. The molecular weight excluding hydrogens is 262 g/mol. The summed E-state index contributed by atoms with van der Waals surface area (Å²) in [5.41, 5.74) is 0.418. The highest BCUT2D eigenvalue weighted by atomic mass is 16.5. The topological polar surface area (TPSA) is 30.5 Å². The van der Waals surface area contributed by atoms with Gasteiger partial charge in [0.15, 0.2) is 0 Å². The molecule has 4 unspecified atom stereocenters. The summed E-state index contributed by atoms with van der Waals surface area (Å²) in [7, 11) is 1.75. The normalized spacial score (nSPS) is 28.6. The van der Waals surface area contributed by atoms with E-state index in [4.69, 9.17) is 9.47 Å². The van der Waals surface area contributed by atoms with Crippen molar-refractivity contribution in [1.82, 2.24) is 5.32 Å². The molecule has 3 heteroatoms. The fourth-order valence-corrected chi connectivity index (χ4v) is 3.41. The van der Waals surface area contributed by atoms with Crippen LogP contribution in [0.2, 0.25) is 0 Å². The van der Waals surface area contributed by atoms with Crippen LogP contribution < -0.4 is 5.32 Å². The Hall–Kier alpha value is -0.120. The van der Waals surface area contributed by atoms with Gasteiger partial charge in [0.05, 0.1) is 18.8 Å². The van der Waals surface area contributed by atoms with Gasteiger partial charge < -0.3 is 14.8 Å². The molecule has 0 aromatic carbocycles. The van der Waals surface area contributed by atoms with E-state index in [1.165, 1.54) is 32.1 Å². The molecule has 0 heterocycles. The molecule has 0 saturated heterocycles. The van der Waals surface area contributed by atoms with E-state index in [9.17, 15) is 0 Å². The highest BCUT2D eigenvalue weighted by molar-refractivity contribution is 4.91. The molecule has 1 aliphatic carbocycles. The van der Waals surface area contributed by atoms with E-state index in [1.807, 2.05) is 0 Å². The second-order valence-corrected chi connectivity index (χ2v) is 7.35. The minimum Gasteiger partial charge on any atom is -0.382 e. The van der Waals surface area contributed by atoms with Crippen LogP contribution in [0.15, 0.2) is 0 Å². The van der Waals surface area contributed by atoms with Crippen molar-refractivity contribution in [3.05, 3.63) is 0 Å². The average molecular weight is 299 g/mol. The van der Waals surface area contributed by atoms with Gasteiger partial charge in [-0.1, -0.05) is 34.1 Å². The fraction of sp³-hybridized carbons (Fsp3) is 1.00. The van der Waals surface area contributed by atoms with Gasteiger partial charge in [0.2, 0.25) is 0 Å². The molecule has 1 saturated carbocycles. The molecule has 0 bridgehead atoms. The summed E-state index contributed by atoms with van der Waals surface area (Å²) < 4.78 is 11.6. The zero-order valence-electron chi connectivity index (χ0n) is 15.1. The number of rotatable bonds is 9. The monoisotopic (exact) mass is 299 g/mol. The van der Waals surface area contributed by atoms with E-state index in [2.05, 4.69) is 39.9 Å². The van der Waals surface area contributed by atoms with Crippen LogP contribution in [-0.2, 0) is 9.47 Å². The van der Waals surface area contributed by atoms with Crippen LogP contribution in [0.25, 0.3) is 0 Å². The molecule has 0 spiro atoms. The van der Waals surface area contributed by atoms with Crippen LogP contribution in [0.1, 0.15) is 66.7 Å². The fourth-order valence-electron chi connectivity index (χ4n) is 3.41. The summed E-state index contributed by atoms with van der Waals surface area (Å²) in [4.78, 5) is 0. The summed E-state index contributed by atoms with van der Waals surface area (Å²) in [5, 5.41) is 3.69.